The highest BCUT2D eigenvalue weighted by atomic mass is 16.5. The number of nitrogens with two attached hydrogens (primary N) is 1. The first kappa shape index (κ1) is 13.8. The van der Waals surface area contributed by atoms with E-state index in [2.05, 4.69) is 32.6 Å². The lowest BCUT2D eigenvalue weighted by Crippen LogP contribution is -2.33. The Balaban J connectivity index is 2.12. The molecule has 0 aliphatic carbocycles. The fourth-order valence-electron chi connectivity index (χ4n) is 2.01. The zero-order valence-corrected chi connectivity index (χ0v) is 11.6. The van der Waals surface area contributed by atoms with Crippen LogP contribution in [0.1, 0.15) is 19.8 Å². The molecule has 106 valence electrons. The number of hydrogen-bond acceptors (Lipinski definition) is 8. The molecule has 1 fully saturated rings. The second-order valence-electron chi connectivity index (χ2n) is 4.87. The minimum atomic E-state index is 0.258. The fraction of sp³-hybridized carbons (Fsp3) is 0.727. The summed E-state index contributed by atoms with van der Waals surface area (Å²) in [5.41, 5.74) is 2.46. The van der Waals surface area contributed by atoms with E-state index in [1.54, 1.807) is 4.90 Å². The van der Waals surface area contributed by atoms with E-state index in [9.17, 15) is 0 Å². The molecular formula is C11H21N7O. The molecule has 4 N–H and O–H groups in total. The number of nitrogen functional groups attached to an aromatic ring is 1. The van der Waals surface area contributed by atoms with Crippen LogP contribution in [0.2, 0.25) is 0 Å². The van der Waals surface area contributed by atoms with Crippen molar-refractivity contribution in [3.63, 3.8) is 0 Å². The predicted octanol–water partition coefficient (Wildman–Crippen LogP) is 0.203. The van der Waals surface area contributed by atoms with Crippen LogP contribution in [0.15, 0.2) is 0 Å². The molecule has 2 unspecified atom stereocenters. The number of rotatable bonds is 4. The number of hydrazine groups is 1. The average Bonchev–Trinajstić information content (AvgIpc) is 2.38. The van der Waals surface area contributed by atoms with E-state index in [0.717, 1.165) is 19.4 Å². The Bertz CT molecular complexity index is 426. The molecule has 1 saturated heterocycles. The first-order valence-corrected chi connectivity index (χ1v) is 6.36. The molecule has 1 aromatic heterocycles. The third kappa shape index (κ3) is 3.65. The van der Waals surface area contributed by atoms with Gasteiger partial charge in [0.25, 0.3) is 0 Å². The molecule has 1 aromatic rings. The van der Waals surface area contributed by atoms with Crippen molar-refractivity contribution in [1.29, 1.82) is 0 Å². The number of hydrogen-bond donors (Lipinski definition) is 3. The largest absolute Gasteiger partial charge is 0.378 e. The minimum Gasteiger partial charge on any atom is -0.378 e. The minimum absolute atomic E-state index is 0.258. The zero-order valence-electron chi connectivity index (χ0n) is 11.6. The van der Waals surface area contributed by atoms with Gasteiger partial charge in [0.1, 0.15) is 0 Å². The summed E-state index contributed by atoms with van der Waals surface area (Å²) in [6.07, 6.45) is 2.14. The maximum atomic E-state index is 5.52. The van der Waals surface area contributed by atoms with E-state index in [4.69, 9.17) is 10.6 Å². The van der Waals surface area contributed by atoms with Crippen molar-refractivity contribution < 1.29 is 4.74 Å². The molecule has 1 aliphatic rings. The van der Waals surface area contributed by atoms with Crippen LogP contribution in [0.4, 0.5) is 17.8 Å². The summed E-state index contributed by atoms with van der Waals surface area (Å²) in [7, 11) is 3.74. The van der Waals surface area contributed by atoms with Gasteiger partial charge in [0.05, 0.1) is 6.10 Å². The molecule has 19 heavy (non-hydrogen) atoms. The second kappa shape index (κ2) is 5.98. The predicted molar refractivity (Wildman–Crippen MR) is 74.0 cm³/mol. The molecule has 2 atom stereocenters. The van der Waals surface area contributed by atoms with Crippen molar-refractivity contribution in [3.8, 4) is 0 Å². The number of aromatic nitrogens is 3. The van der Waals surface area contributed by atoms with Gasteiger partial charge < -0.3 is 15.0 Å². The lowest BCUT2D eigenvalue weighted by molar-refractivity contribution is 0.0231. The Morgan fingerprint density at radius 2 is 2.00 bits per heavy atom. The lowest BCUT2D eigenvalue weighted by Gasteiger charge is -2.28. The van der Waals surface area contributed by atoms with E-state index in [1.165, 1.54) is 0 Å². The van der Waals surface area contributed by atoms with Crippen molar-refractivity contribution in [3.05, 3.63) is 0 Å². The summed E-state index contributed by atoms with van der Waals surface area (Å²) in [5.74, 6) is 6.82. The summed E-state index contributed by atoms with van der Waals surface area (Å²) >= 11 is 0. The smallest absolute Gasteiger partial charge is 0.243 e. The molecule has 0 aromatic carbocycles. The highest BCUT2D eigenvalue weighted by Crippen LogP contribution is 2.18. The third-order valence-electron chi connectivity index (χ3n) is 2.97. The van der Waals surface area contributed by atoms with E-state index < -0.39 is 0 Å². The van der Waals surface area contributed by atoms with E-state index in [-0.39, 0.29) is 6.10 Å². The number of anilines is 3. The van der Waals surface area contributed by atoms with Crippen LogP contribution in [0.5, 0.6) is 0 Å². The lowest BCUT2D eigenvalue weighted by atomic mass is 10.0. The first-order chi connectivity index (χ1) is 9.08. The number of nitrogens with one attached hydrogen (secondary N) is 2. The number of ether oxygens (including phenoxy) is 1. The summed E-state index contributed by atoms with van der Waals surface area (Å²) in [6.45, 7) is 2.83. The standard InChI is InChI=1S/C11H21N7O/c1-7-6-8(4-5-19-7)13-9-14-10(17-12)16-11(15-9)18(2)3/h7-8H,4-6,12H2,1-3H3,(H2,13,14,15,16,17). The molecule has 1 aliphatic heterocycles. The Morgan fingerprint density at radius 1 is 1.26 bits per heavy atom. The topological polar surface area (TPSA) is 101 Å². The molecular weight excluding hydrogens is 246 g/mol. The molecule has 0 bridgehead atoms. The Labute approximate surface area is 112 Å². The molecule has 0 amide bonds. The van der Waals surface area contributed by atoms with E-state index in [1.807, 2.05) is 14.1 Å². The van der Waals surface area contributed by atoms with Crippen molar-refractivity contribution >= 4 is 17.8 Å². The number of nitrogens with zero attached hydrogens (tertiary/aromatic N) is 4. The quantitative estimate of drug-likeness (QED) is 0.525. The normalized spacial score (nSPS) is 22.9. The van der Waals surface area contributed by atoms with Gasteiger partial charge in [-0.3, -0.25) is 5.43 Å². The van der Waals surface area contributed by atoms with Gasteiger partial charge in [0.15, 0.2) is 0 Å². The molecule has 2 rings (SSSR count). The molecule has 8 nitrogen and oxygen atoms in total. The second-order valence-corrected chi connectivity index (χ2v) is 4.87. The van der Waals surface area contributed by atoms with Gasteiger partial charge in [-0.2, -0.15) is 15.0 Å². The monoisotopic (exact) mass is 267 g/mol. The highest BCUT2D eigenvalue weighted by Gasteiger charge is 2.20. The fourth-order valence-corrected chi connectivity index (χ4v) is 2.01. The van der Waals surface area contributed by atoms with Crippen LogP contribution in [0, 0.1) is 0 Å². The zero-order chi connectivity index (χ0) is 13.8. The van der Waals surface area contributed by atoms with Gasteiger partial charge in [-0.05, 0) is 19.8 Å². The van der Waals surface area contributed by atoms with E-state index in [0.29, 0.717) is 23.9 Å². The summed E-state index contributed by atoms with van der Waals surface area (Å²) in [5, 5.41) is 3.32. The average molecular weight is 267 g/mol. The van der Waals surface area contributed by atoms with Gasteiger partial charge in [-0.1, -0.05) is 0 Å². The van der Waals surface area contributed by atoms with Crippen molar-refractivity contribution in [1.82, 2.24) is 15.0 Å². The van der Waals surface area contributed by atoms with Crippen LogP contribution in [-0.4, -0.2) is 47.8 Å². The Hall–Kier alpha value is -1.67. The van der Waals surface area contributed by atoms with Crippen molar-refractivity contribution in [2.24, 2.45) is 5.84 Å². The van der Waals surface area contributed by atoms with Gasteiger partial charge >= 0.3 is 0 Å². The van der Waals surface area contributed by atoms with Crippen LogP contribution >= 0.6 is 0 Å². The van der Waals surface area contributed by atoms with Crippen LogP contribution in [0.3, 0.4) is 0 Å². The Kier molecular flexibility index (Phi) is 4.33. The molecule has 2 heterocycles. The summed E-state index contributed by atoms with van der Waals surface area (Å²) < 4.78 is 5.52. The molecule has 0 radical (unpaired) electrons. The highest BCUT2D eigenvalue weighted by molar-refractivity contribution is 5.42. The maximum Gasteiger partial charge on any atom is 0.243 e. The summed E-state index contributed by atoms with van der Waals surface area (Å²) in [6, 6.07) is 0.312. The van der Waals surface area contributed by atoms with E-state index >= 15 is 0 Å². The van der Waals surface area contributed by atoms with Crippen LogP contribution < -0.4 is 21.5 Å². The van der Waals surface area contributed by atoms with Gasteiger partial charge in [0, 0.05) is 26.7 Å². The van der Waals surface area contributed by atoms with Crippen molar-refractivity contribution in [2.45, 2.75) is 31.9 Å². The summed E-state index contributed by atoms with van der Waals surface area (Å²) in [4.78, 5) is 14.5. The van der Waals surface area contributed by atoms with Gasteiger partial charge in [-0.25, -0.2) is 5.84 Å². The van der Waals surface area contributed by atoms with Gasteiger partial charge in [-0.15, -0.1) is 0 Å². The van der Waals surface area contributed by atoms with Gasteiger partial charge in [0.2, 0.25) is 17.8 Å². The Morgan fingerprint density at radius 3 is 2.63 bits per heavy atom. The molecule has 8 heteroatoms. The maximum absolute atomic E-state index is 5.52. The van der Waals surface area contributed by atoms with Crippen molar-refractivity contribution in [2.75, 3.05) is 36.3 Å². The third-order valence-corrected chi connectivity index (χ3v) is 2.97. The first-order valence-electron chi connectivity index (χ1n) is 6.36. The van der Waals surface area contributed by atoms with Crippen LogP contribution in [-0.2, 0) is 4.74 Å². The molecule has 0 spiro atoms. The van der Waals surface area contributed by atoms with Crippen LogP contribution in [0.25, 0.3) is 0 Å². The molecule has 0 saturated carbocycles. The SMILES string of the molecule is CC1CC(Nc2nc(NN)nc(N(C)C)n2)CCO1.